The van der Waals surface area contributed by atoms with Crippen molar-refractivity contribution in [1.82, 2.24) is 14.7 Å². The summed E-state index contributed by atoms with van der Waals surface area (Å²) in [4.78, 5) is 13.2. The van der Waals surface area contributed by atoms with E-state index in [4.69, 9.17) is 11.6 Å². The van der Waals surface area contributed by atoms with Crippen LogP contribution in [0.4, 0.5) is 0 Å². The zero-order valence-electron chi connectivity index (χ0n) is 9.71. The highest BCUT2D eigenvalue weighted by molar-refractivity contribution is 6.32. The normalized spacial score (nSPS) is 11.6. The van der Waals surface area contributed by atoms with Gasteiger partial charge in [-0.2, -0.15) is 5.10 Å². The summed E-state index contributed by atoms with van der Waals surface area (Å²) in [5.41, 5.74) is 0.221. The summed E-state index contributed by atoms with van der Waals surface area (Å²) >= 11 is 6.10. The molecule has 5 heteroatoms. The van der Waals surface area contributed by atoms with Crippen LogP contribution in [0.2, 0.25) is 5.15 Å². The predicted octanol–water partition coefficient (Wildman–Crippen LogP) is 1.99. The van der Waals surface area contributed by atoms with E-state index >= 15 is 0 Å². The zero-order valence-corrected chi connectivity index (χ0v) is 10.5. The van der Waals surface area contributed by atoms with Crippen molar-refractivity contribution in [3.8, 4) is 0 Å². The fourth-order valence-electron chi connectivity index (χ4n) is 1.19. The molecule has 0 saturated carbocycles. The molecule has 0 aliphatic carbocycles. The van der Waals surface area contributed by atoms with Crippen LogP contribution in [0.3, 0.4) is 0 Å². The van der Waals surface area contributed by atoms with Gasteiger partial charge in [0, 0.05) is 14.1 Å². The largest absolute Gasteiger partial charge is 0.345 e. The van der Waals surface area contributed by atoms with Crippen LogP contribution in [0.5, 0.6) is 0 Å². The fourth-order valence-corrected chi connectivity index (χ4v) is 1.61. The Morgan fingerprint density at radius 1 is 1.47 bits per heavy atom. The van der Waals surface area contributed by atoms with Crippen molar-refractivity contribution in [2.45, 2.75) is 26.3 Å². The molecular weight excluding hydrogens is 214 g/mol. The molecule has 4 nitrogen and oxygen atoms in total. The van der Waals surface area contributed by atoms with E-state index in [1.807, 2.05) is 20.8 Å². The van der Waals surface area contributed by atoms with Gasteiger partial charge in [-0.1, -0.05) is 11.6 Å². The van der Waals surface area contributed by atoms with E-state index in [0.29, 0.717) is 10.7 Å². The second-order valence-electron chi connectivity index (χ2n) is 4.63. The Hall–Kier alpha value is -1.03. The first-order valence-corrected chi connectivity index (χ1v) is 5.08. The van der Waals surface area contributed by atoms with Crippen LogP contribution in [0.1, 0.15) is 31.1 Å². The van der Waals surface area contributed by atoms with Crippen molar-refractivity contribution < 1.29 is 4.79 Å². The Morgan fingerprint density at radius 3 is 2.33 bits per heavy atom. The molecule has 1 heterocycles. The van der Waals surface area contributed by atoms with Crippen molar-refractivity contribution in [2.75, 3.05) is 14.1 Å². The Balaban J connectivity index is 3.16. The van der Waals surface area contributed by atoms with Crippen molar-refractivity contribution in [3.63, 3.8) is 0 Å². The van der Waals surface area contributed by atoms with Crippen LogP contribution in [0, 0.1) is 0 Å². The Kier molecular flexibility index (Phi) is 3.09. The monoisotopic (exact) mass is 229 g/mol. The van der Waals surface area contributed by atoms with Gasteiger partial charge in [-0.15, -0.1) is 0 Å². The summed E-state index contributed by atoms with van der Waals surface area (Å²) in [5, 5.41) is 4.52. The number of amides is 1. The average Bonchev–Trinajstić information content (AvgIpc) is 2.44. The van der Waals surface area contributed by atoms with Crippen molar-refractivity contribution in [3.05, 3.63) is 16.9 Å². The van der Waals surface area contributed by atoms with Gasteiger partial charge in [0.25, 0.3) is 5.91 Å². The van der Waals surface area contributed by atoms with E-state index in [9.17, 15) is 4.79 Å². The van der Waals surface area contributed by atoms with E-state index in [0.717, 1.165) is 0 Å². The van der Waals surface area contributed by atoms with Crippen LogP contribution < -0.4 is 0 Å². The molecule has 1 aromatic rings. The second-order valence-corrected chi connectivity index (χ2v) is 4.99. The molecule has 0 atom stereocenters. The summed E-state index contributed by atoms with van der Waals surface area (Å²) in [6.07, 6.45) is 1.51. The van der Waals surface area contributed by atoms with Gasteiger partial charge in [0.1, 0.15) is 5.15 Å². The first-order valence-electron chi connectivity index (χ1n) is 4.71. The number of hydrogen-bond donors (Lipinski definition) is 0. The molecule has 84 valence electrons. The standard InChI is InChI=1S/C10H16ClN3O/c1-10(2,3)14-8(11)7(6-12-14)9(15)13(4)5/h6H,1-5H3. The van der Waals surface area contributed by atoms with Gasteiger partial charge in [0.15, 0.2) is 0 Å². The molecule has 0 aromatic carbocycles. The third-order valence-electron chi connectivity index (χ3n) is 1.98. The van der Waals surface area contributed by atoms with Gasteiger partial charge in [0.2, 0.25) is 0 Å². The maximum atomic E-state index is 11.7. The minimum Gasteiger partial charge on any atom is -0.345 e. The molecule has 15 heavy (non-hydrogen) atoms. The number of hydrogen-bond acceptors (Lipinski definition) is 2. The highest BCUT2D eigenvalue weighted by Gasteiger charge is 2.23. The minimum atomic E-state index is -0.220. The molecule has 0 fully saturated rings. The smallest absolute Gasteiger partial charge is 0.258 e. The van der Waals surface area contributed by atoms with E-state index < -0.39 is 0 Å². The maximum Gasteiger partial charge on any atom is 0.258 e. The van der Waals surface area contributed by atoms with E-state index in [-0.39, 0.29) is 11.4 Å². The third kappa shape index (κ3) is 2.31. The molecule has 0 saturated heterocycles. The average molecular weight is 230 g/mol. The van der Waals surface area contributed by atoms with Gasteiger partial charge in [-0.05, 0) is 20.8 Å². The molecule has 0 unspecified atom stereocenters. The van der Waals surface area contributed by atoms with Crippen LogP contribution in [-0.2, 0) is 5.54 Å². The van der Waals surface area contributed by atoms with Gasteiger partial charge >= 0.3 is 0 Å². The van der Waals surface area contributed by atoms with Gasteiger partial charge in [-0.3, -0.25) is 4.79 Å². The number of carbonyl (C=O) groups excluding carboxylic acids is 1. The molecule has 0 aliphatic heterocycles. The summed E-state index contributed by atoms with van der Waals surface area (Å²) in [5.74, 6) is -0.129. The maximum absolute atomic E-state index is 11.7. The Bertz CT molecular complexity index is 377. The molecule has 1 aromatic heterocycles. The summed E-state index contributed by atoms with van der Waals surface area (Å²) in [6.45, 7) is 5.95. The lowest BCUT2D eigenvalue weighted by Crippen LogP contribution is -2.25. The highest BCUT2D eigenvalue weighted by Crippen LogP contribution is 2.23. The molecular formula is C10H16ClN3O. The molecule has 0 radical (unpaired) electrons. The topological polar surface area (TPSA) is 38.1 Å². The van der Waals surface area contributed by atoms with E-state index in [1.165, 1.54) is 11.1 Å². The first kappa shape index (κ1) is 12.0. The van der Waals surface area contributed by atoms with E-state index in [2.05, 4.69) is 5.10 Å². The van der Waals surface area contributed by atoms with E-state index in [1.54, 1.807) is 18.8 Å². The molecule has 0 bridgehead atoms. The van der Waals surface area contributed by atoms with Gasteiger partial charge in [-0.25, -0.2) is 4.68 Å². The molecule has 1 rings (SSSR count). The first-order chi connectivity index (χ1) is 6.75. The highest BCUT2D eigenvalue weighted by atomic mass is 35.5. The van der Waals surface area contributed by atoms with Crippen molar-refractivity contribution in [2.24, 2.45) is 0 Å². The number of rotatable bonds is 1. The Labute approximate surface area is 94.8 Å². The summed E-state index contributed by atoms with van der Waals surface area (Å²) in [6, 6.07) is 0. The minimum absolute atomic E-state index is 0.129. The lowest BCUT2D eigenvalue weighted by Gasteiger charge is -2.20. The number of carbonyl (C=O) groups is 1. The second kappa shape index (κ2) is 3.85. The van der Waals surface area contributed by atoms with Crippen LogP contribution >= 0.6 is 11.6 Å². The van der Waals surface area contributed by atoms with Crippen LogP contribution in [-0.4, -0.2) is 34.7 Å². The quantitative estimate of drug-likeness (QED) is 0.739. The Morgan fingerprint density at radius 2 is 2.00 bits per heavy atom. The van der Waals surface area contributed by atoms with Gasteiger partial charge < -0.3 is 4.90 Å². The lowest BCUT2D eigenvalue weighted by atomic mass is 10.1. The van der Waals surface area contributed by atoms with Crippen molar-refractivity contribution >= 4 is 17.5 Å². The fraction of sp³-hybridized carbons (Fsp3) is 0.600. The summed E-state index contributed by atoms with van der Waals surface area (Å²) in [7, 11) is 3.38. The van der Waals surface area contributed by atoms with Crippen LogP contribution in [0.25, 0.3) is 0 Å². The van der Waals surface area contributed by atoms with Crippen LogP contribution in [0.15, 0.2) is 6.20 Å². The van der Waals surface area contributed by atoms with Gasteiger partial charge in [0.05, 0.1) is 17.3 Å². The number of nitrogens with zero attached hydrogens (tertiary/aromatic N) is 3. The molecule has 1 amide bonds. The molecule has 0 N–H and O–H groups in total. The van der Waals surface area contributed by atoms with Crippen molar-refractivity contribution in [1.29, 1.82) is 0 Å². The zero-order chi connectivity index (χ0) is 11.8. The third-order valence-corrected chi connectivity index (χ3v) is 2.35. The number of halogens is 1. The predicted molar refractivity (Wildman–Crippen MR) is 60.3 cm³/mol. The number of aromatic nitrogens is 2. The summed E-state index contributed by atoms with van der Waals surface area (Å²) < 4.78 is 1.64. The SMILES string of the molecule is CN(C)C(=O)c1cnn(C(C)(C)C)c1Cl. The molecule has 0 aliphatic rings. The lowest BCUT2D eigenvalue weighted by molar-refractivity contribution is 0.0827. The molecule has 0 spiro atoms.